The number of phenolic OH excluding ortho intramolecular Hbond substituents is 1. The van der Waals surface area contributed by atoms with Crippen LogP contribution in [0.1, 0.15) is 30.4 Å². The first-order valence-corrected chi connectivity index (χ1v) is 7.25. The first-order valence-electron chi connectivity index (χ1n) is 7.25. The summed E-state index contributed by atoms with van der Waals surface area (Å²) < 4.78 is 0. The van der Waals surface area contributed by atoms with Crippen molar-refractivity contribution in [3.63, 3.8) is 0 Å². The van der Waals surface area contributed by atoms with Gasteiger partial charge in [-0.2, -0.15) is 0 Å². The Balaban J connectivity index is 1.68. The third-order valence-electron chi connectivity index (χ3n) is 3.33. The molecule has 0 aliphatic rings. The number of phenols is 1. The second-order valence-electron chi connectivity index (χ2n) is 5.06. The van der Waals surface area contributed by atoms with Crippen LogP contribution in [0.25, 0.3) is 6.08 Å². The first kappa shape index (κ1) is 15.0. The Labute approximate surface area is 125 Å². The number of aryl methyl sites for hydroxylation is 1. The molecule has 0 saturated heterocycles. The van der Waals surface area contributed by atoms with Crippen LogP contribution in [-0.2, 0) is 11.2 Å². The van der Waals surface area contributed by atoms with Crippen LogP contribution in [0.15, 0.2) is 60.7 Å². The van der Waals surface area contributed by atoms with E-state index < -0.39 is 0 Å². The normalized spacial score (nSPS) is 10.9. The molecule has 0 spiro atoms. The van der Waals surface area contributed by atoms with Crippen molar-refractivity contribution < 1.29 is 9.90 Å². The third kappa shape index (κ3) is 5.65. The number of ketones is 1. The highest BCUT2D eigenvalue weighted by molar-refractivity contribution is 5.78. The number of Topliss-reactive ketones (excluding diaryl/α,β-unsaturated/α-hetero) is 1. The Bertz CT molecular complexity index is 583. The van der Waals surface area contributed by atoms with Crippen LogP contribution in [0.2, 0.25) is 0 Å². The lowest BCUT2D eigenvalue weighted by Crippen LogP contribution is -1.99. The predicted octanol–water partition coefficient (Wildman–Crippen LogP) is 4.39. The smallest absolute Gasteiger partial charge is 0.133 e. The quantitative estimate of drug-likeness (QED) is 0.816. The van der Waals surface area contributed by atoms with Gasteiger partial charge in [-0.05, 0) is 36.1 Å². The molecule has 2 nitrogen and oxygen atoms in total. The van der Waals surface area contributed by atoms with Gasteiger partial charge in [-0.25, -0.2) is 0 Å². The van der Waals surface area contributed by atoms with Gasteiger partial charge >= 0.3 is 0 Å². The van der Waals surface area contributed by atoms with Crippen molar-refractivity contribution >= 4 is 11.9 Å². The standard InChI is InChI=1S/C19H20O2/c20-18(13-10-17-11-14-19(21)15-12-17)9-5-4-8-16-6-2-1-3-7-16/h1-4,6-8,11-12,14-15,21H,5,9-10,13H2. The maximum absolute atomic E-state index is 11.8. The molecule has 0 amide bonds. The molecule has 0 fully saturated rings. The minimum atomic E-state index is 0.260. The summed E-state index contributed by atoms with van der Waals surface area (Å²) in [5.74, 6) is 0.539. The molecule has 0 atom stereocenters. The van der Waals surface area contributed by atoms with Crippen LogP contribution in [-0.4, -0.2) is 10.9 Å². The first-order chi connectivity index (χ1) is 10.2. The van der Waals surface area contributed by atoms with E-state index in [1.54, 1.807) is 12.1 Å². The number of rotatable bonds is 7. The fourth-order valence-electron chi connectivity index (χ4n) is 2.10. The Hall–Kier alpha value is -2.35. The minimum Gasteiger partial charge on any atom is -0.508 e. The Morgan fingerprint density at radius 1 is 0.952 bits per heavy atom. The molecule has 0 aliphatic heterocycles. The van der Waals surface area contributed by atoms with Gasteiger partial charge in [-0.1, -0.05) is 54.6 Å². The predicted molar refractivity (Wildman–Crippen MR) is 86.1 cm³/mol. The molecule has 0 heterocycles. The zero-order valence-corrected chi connectivity index (χ0v) is 12.0. The molecule has 0 unspecified atom stereocenters. The van der Waals surface area contributed by atoms with Crippen molar-refractivity contribution in [1.29, 1.82) is 0 Å². The molecule has 0 bridgehead atoms. The molecule has 21 heavy (non-hydrogen) atoms. The summed E-state index contributed by atoms with van der Waals surface area (Å²) in [6.45, 7) is 0. The number of hydrogen-bond acceptors (Lipinski definition) is 2. The zero-order chi connectivity index (χ0) is 14.9. The molecular formula is C19H20O2. The zero-order valence-electron chi connectivity index (χ0n) is 12.0. The molecule has 0 aliphatic carbocycles. The van der Waals surface area contributed by atoms with E-state index in [0.29, 0.717) is 12.8 Å². The molecule has 0 saturated carbocycles. The SMILES string of the molecule is O=C(CCC=Cc1ccccc1)CCc1ccc(O)cc1. The average molecular weight is 280 g/mol. The highest BCUT2D eigenvalue weighted by Gasteiger charge is 2.02. The van der Waals surface area contributed by atoms with Crippen LogP contribution < -0.4 is 0 Å². The van der Waals surface area contributed by atoms with E-state index in [9.17, 15) is 9.90 Å². The lowest BCUT2D eigenvalue weighted by molar-refractivity contribution is -0.118. The van der Waals surface area contributed by atoms with Gasteiger partial charge in [0.2, 0.25) is 0 Å². The summed E-state index contributed by atoms with van der Waals surface area (Å²) in [4.78, 5) is 11.8. The van der Waals surface area contributed by atoms with Crippen LogP contribution in [0.3, 0.4) is 0 Å². The summed E-state index contributed by atoms with van der Waals surface area (Å²) in [5.41, 5.74) is 2.25. The van der Waals surface area contributed by atoms with Gasteiger partial charge in [0.05, 0.1) is 0 Å². The van der Waals surface area contributed by atoms with Crippen molar-refractivity contribution in [3.8, 4) is 5.75 Å². The van der Waals surface area contributed by atoms with E-state index in [4.69, 9.17) is 0 Å². The van der Waals surface area contributed by atoms with Gasteiger partial charge in [-0.3, -0.25) is 4.79 Å². The van der Waals surface area contributed by atoms with E-state index in [-0.39, 0.29) is 11.5 Å². The molecule has 2 rings (SSSR count). The van der Waals surface area contributed by atoms with E-state index in [2.05, 4.69) is 0 Å². The summed E-state index contributed by atoms with van der Waals surface area (Å²) in [6.07, 6.45) is 6.76. The number of aromatic hydroxyl groups is 1. The van der Waals surface area contributed by atoms with Crippen molar-refractivity contribution in [2.45, 2.75) is 25.7 Å². The molecule has 2 heteroatoms. The summed E-state index contributed by atoms with van der Waals surface area (Å²) in [5, 5.41) is 9.20. The van der Waals surface area contributed by atoms with E-state index in [1.165, 1.54) is 0 Å². The van der Waals surface area contributed by atoms with Crippen LogP contribution >= 0.6 is 0 Å². The minimum absolute atomic E-state index is 0.260. The van der Waals surface area contributed by atoms with Crippen LogP contribution in [0.5, 0.6) is 5.75 Å². The number of benzene rings is 2. The molecular weight excluding hydrogens is 260 g/mol. The van der Waals surface area contributed by atoms with Crippen molar-refractivity contribution in [3.05, 3.63) is 71.8 Å². The monoisotopic (exact) mass is 280 g/mol. The summed E-state index contributed by atoms with van der Waals surface area (Å²) in [7, 11) is 0. The molecule has 108 valence electrons. The Morgan fingerprint density at radius 2 is 1.67 bits per heavy atom. The highest BCUT2D eigenvalue weighted by atomic mass is 16.3. The molecule has 2 aromatic rings. The Morgan fingerprint density at radius 3 is 2.38 bits per heavy atom. The number of carbonyl (C=O) groups excluding carboxylic acids is 1. The number of hydrogen-bond donors (Lipinski definition) is 1. The Kier molecular flexibility index (Phi) is 5.77. The van der Waals surface area contributed by atoms with E-state index >= 15 is 0 Å². The highest BCUT2D eigenvalue weighted by Crippen LogP contribution is 2.12. The van der Waals surface area contributed by atoms with Gasteiger partial charge in [0.1, 0.15) is 11.5 Å². The van der Waals surface area contributed by atoms with Crippen LogP contribution in [0.4, 0.5) is 0 Å². The fraction of sp³-hybridized carbons (Fsp3) is 0.211. The summed E-state index contributed by atoms with van der Waals surface area (Å²) >= 11 is 0. The van der Waals surface area contributed by atoms with E-state index in [1.807, 2.05) is 54.6 Å². The molecule has 2 aromatic carbocycles. The number of allylic oxidation sites excluding steroid dienone is 1. The molecule has 0 aromatic heterocycles. The maximum atomic E-state index is 11.8. The van der Waals surface area contributed by atoms with Crippen molar-refractivity contribution in [2.24, 2.45) is 0 Å². The lowest BCUT2D eigenvalue weighted by atomic mass is 10.0. The second-order valence-corrected chi connectivity index (χ2v) is 5.06. The van der Waals surface area contributed by atoms with Crippen LogP contribution in [0, 0.1) is 0 Å². The van der Waals surface area contributed by atoms with Gasteiger partial charge in [0, 0.05) is 12.8 Å². The molecule has 0 radical (unpaired) electrons. The fourth-order valence-corrected chi connectivity index (χ4v) is 2.10. The summed E-state index contributed by atoms with van der Waals surface area (Å²) in [6, 6.07) is 17.1. The maximum Gasteiger partial charge on any atom is 0.133 e. The van der Waals surface area contributed by atoms with Gasteiger partial charge in [-0.15, -0.1) is 0 Å². The van der Waals surface area contributed by atoms with Gasteiger partial charge in [0.15, 0.2) is 0 Å². The third-order valence-corrected chi connectivity index (χ3v) is 3.33. The average Bonchev–Trinajstić information content (AvgIpc) is 2.52. The van der Waals surface area contributed by atoms with Crippen molar-refractivity contribution in [1.82, 2.24) is 0 Å². The second kappa shape index (κ2) is 8.05. The molecule has 1 N–H and O–H groups in total. The largest absolute Gasteiger partial charge is 0.508 e. The van der Waals surface area contributed by atoms with Gasteiger partial charge < -0.3 is 5.11 Å². The topological polar surface area (TPSA) is 37.3 Å². The lowest BCUT2D eigenvalue weighted by Gasteiger charge is -2.01. The van der Waals surface area contributed by atoms with Gasteiger partial charge in [0.25, 0.3) is 0 Å². The van der Waals surface area contributed by atoms with Crippen molar-refractivity contribution in [2.75, 3.05) is 0 Å². The van der Waals surface area contributed by atoms with E-state index in [0.717, 1.165) is 24.0 Å². The number of carbonyl (C=O) groups is 1.